The van der Waals surface area contributed by atoms with Crippen molar-refractivity contribution in [2.75, 3.05) is 49.5 Å². The Labute approximate surface area is 247 Å². The lowest BCUT2D eigenvalue weighted by Crippen LogP contribution is -2.53. The molecule has 0 spiro atoms. The van der Waals surface area contributed by atoms with Gasteiger partial charge in [0, 0.05) is 69.0 Å². The molecular weight excluding hydrogens is 532 g/mol. The van der Waals surface area contributed by atoms with Crippen LogP contribution in [-0.2, 0) is 11.3 Å². The molecule has 5 N–H and O–H groups in total. The van der Waals surface area contributed by atoms with Crippen molar-refractivity contribution in [1.82, 2.24) is 19.8 Å². The van der Waals surface area contributed by atoms with Crippen LogP contribution in [0.1, 0.15) is 43.7 Å². The standard InChI is InChI=1S/C31H42N8O3/c1-3-23(24-18-34-30(35-19-24)39-21-27(40)17-26(39)7-10-32)16-28(33-2)36-25-6-4-5-22(15-25)20-37-11-13-38(14-12-37)31(8-9-31)29(41)42/h3-6,15-16,18-19,26-27,36,40H,2,7-14,17,20-21,32H2,1H3,(H,41,42)/b23-3+,28-16+. The van der Waals surface area contributed by atoms with E-state index in [-0.39, 0.29) is 6.04 Å². The summed E-state index contributed by atoms with van der Waals surface area (Å²) in [4.78, 5) is 31.6. The molecule has 1 aromatic heterocycles. The number of carboxylic acids is 1. The minimum atomic E-state index is -0.681. The zero-order valence-electron chi connectivity index (χ0n) is 24.3. The third-order valence-corrected chi connectivity index (χ3v) is 8.60. The van der Waals surface area contributed by atoms with Crippen LogP contribution in [0, 0.1) is 0 Å². The third kappa shape index (κ3) is 6.70. The van der Waals surface area contributed by atoms with E-state index in [9.17, 15) is 15.0 Å². The van der Waals surface area contributed by atoms with Crippen molar-refractivity contribution in [2.24, 2.45) is 10.7 Å². The van der Waals surface area contributed by atoms with Crippen LogP contribution in [0.5, 0.6) is 0 Å². The zero-order valence-corrected chi connectivity index (χ0v) is 24.3. The molecule has 0 bridgehead atoms. The van der Waals surface area contributed by atoms with Gasteiger partial charge in [-0.2, -0.15) is 0 Å². The van der Waals surface area contributed by atoms with Gasteiger partial charge in [0.1, 0.15) is 11.4 Å². The predicted molar refractivity (Wildman–Crippen MR) is 165 cm³/mol. The summed E-state index contributed by atoms with van der Waals surface area (Å²) in [5.41, 5.74) is 8.99. The molecule has 0 amide bonds. The molecule has 2 aromatic rings. The number of allylic oxidation sites excluding steroid dienone is 3. The van der Waals surface area contributed by atoms with Gasteiger partial charge in [-0.25, -0.2) is 15.0 Å². The Morgan fingerprint density at radius 1 is 1.24 bits per heavy atom. The zero-order chi connectivity index (χ0) is 29.7. The second kappa shape index (κ2) is 13.1. The first-order chi connectivity index (χ1) is 20.3. The van der Waals surface area contributed by atoms with Crippen molar-refractivity contribution in [3.63, 3.8) is 0 Å². The average molecular weight is 575 g/mol. The average Bonchev–Trinajstić information content (AvgIpc) is 3.73. The fourth-order valence-corrected chi connectivity index (χ4v) is 6.09. The topological polar surface area (TPSA) is 143 Å². The Balaban J connectivity index is 1.20. The number of carbonyl (C=O) groups is 1. The van der Waals surface area contributed by atoms with Gasteiger partial charge in [0.15, 0.2) is 0 Å². The van der Waals surface area contributed by atoms with Crippen molar-refractivity contribution in [1.29, 1.82) is 0 Å². The molecule has 11 heteroatoms. The van der Waals surface area contributed by atoms with E-state index in [0.29, 0.717) is 31.3 Å². The van der Waals surface area contributed by atoms with Gasteiger partial charge < -0.3 is 26.2 Å². The second-order valence-electron chi connectivity index (χ2n) is 11.4. The van der Waals surface area contributed by atoms with Crippen LogP contribution in [-0.4, -0.2) is 99.6 Å². The van der Waals surface area contributed by atoms with Crippen molar-refractivity contribution in [2.45, 2.75) is 56.8 Å². The maximum absolute atomic E-state index is 11.7. The number of nitrogens with zero attached hydrogens (tertiary/aromatic N) is 6. The molecule has 11 nitrogen and oxygen atoms in total. The van der Waals surface area contributed by atoms with Gasteiger partial charge in [0.25, 0.3) is 0 Å². The predicted octanol–water partition coefficient (Wildman–Crippen LogP) is 2.56. The van der Waals surface area contributed by atoms with Crippen molar-refractivity contribution >= 4 is 29.9 Å². The van der Waals surface area contributed by atoms with Gasteiger partial charge in [-0.15, -0.1) is 0 Å². The summed E-state index contributed by atoms with van der Waals surface area (Å²) in [5.74, 6) is 0.520. The van der Waals surface area contributed by atoms with Crippen LogP contribution in [0.15, 0.2) is 59.6 Å². The maximum atomic E-state index is 11.7. The molecule has 5 rings (SSSR count). The number of hydrogen-bond donors (Lipinski definition) is 4. The number of aliphatic carboxylic acids is 1. The lowest BCUT2D eigenvalue weighted by Gasteiger charge is -2.38. The highest BCUT2D eigenvalue weighted by molar-refractivity contribution is 5.82. The van der Waals surface area contributed by atoms with Gasteiger partial charge in [-0.05, 0) is 75.2 Å². The van der Waals surface area contributed by atoms with Crippen LogP contribution in [0.25, 0.3) is 5.57 Å². The quantitative estimate of drug-likeness (QED) is 0.221. The number of carboxylic acid groups (broad SMARTS) is 1. The second-order valence-corrected chi connectivity index (χ2v) is 11.4. The number of β-amino-alcohol motifs (C(OH)–C–C–N with tert-alkyl or cyclic N) is 1. The number of aliphatic hydroxyl groups is 1. The molecule has 2 saturated heterocycles. The number of aliphatic imine (C=N–C) groups is 1. The summed E-state index contributed by atoms with van der Waals surface area (Å²) in [7, 11) is 0. The summed E-state index contributed by atoms with van der Waals surface area (Å²) >= 11 is 0. The number of aliphatic hydroxyl groups excluding tert-OH is 1. The number of nitrogens with two attached hydrogens (primary N) is 1. The third-order valence-electron chi connectivity index (χ3n) is 8.60. The molecule has 3 fully saturated rings. The Kier molecular flexibility index (Phi) is 9.32. The Morgan fingerprint density at radius 2 is 1.98 bits per heavy atom. The van der Waals surface area contributed by atoms with E-state index < -0.39 is 17.6 Å². The van der Waals surface area contributed by atoms with Crippen molar-refractivity contribution < 1.29 is 15.0 Å². The lowest BCUT2D eigenvalue weighted by atomic mass is 10.1. The fourth-order valence-electron chi connectivity index (χ4n) is 6.09. The van der Waals surface area contributed by atoms with E-state index >= 15 is 0 Å². The van der Waals surface area contributed by atoms with Crippen molar-refractivity contribution in [3.8, 4) is 0 Å². The Bertz CT molecular complexity index is 1320. The van der Waals surface area contributed by atoms with Gasteiger partial charge >= 0.3 is 5.97 Å². The summed E-state index contributed by atoms with van der Waals surface area (Å²) < 4.78 is 0. The lowest BCUT2D eigenvalue weighted by molar-refractivity contribution is -0.146. The molecule has 224 valence electrons. The largest absolute Gasteiger partial charge is 0.480 e. The van der Waals surface area contributed by atoms with E-state index in [1.807, 2.05) is 36.1 Å². The first-order valence-electron chi connectivity index (χ1n) is 14.7. The number of anilines is 2. The van der Waals surface area contributed by atoms with E-state index in [0.717, 1.165) is 68.8 Å². The molecule has 1 saturated carbocycles. The number of aromatic nitrogens is 2. The first-order valence-corrected chi connectivity index (χ1v) is 14.7. The molecule has 3 aliphatic rings. The number of rotatable bonds is 12. The molecule has 3 heterocycles. The number of nitrogens with one attached hydrogen (secondary N) is 1. The summed E-state index contributed by atoms with van der Waals surface area (Å²) in [6.07, 6.45) is 10.1. The minimum absolute atomic E-state index is 0.143. The monoisotopic (exact) mass is 574 g/mol. The van der Waals surface area contributed by atoms with E-state index in [1.165, 1.54) is 5.56 Å². The van der Waals surface area contributed by atoms with Gasteiger partial charge in [-0.3, -0.25) is 14.6 Å². The molecule has 0 radical (unpaired) electrons. The van der Waals surface area contributed by atoms with E-state index in [2.05, 4.69) is 48.9 Å². The van der Waals surface area contributed by atoms with Crippen LogP contribution in [0.4, 0.5) is 11.6 Å². The number of piperazine rings is 1. The van der Waals surface area contributed by atoms with Crippen LogP contribution in [0.2, 0.25) is 0 Å². The first kappa shape index (κ1) is 29.8. The normalized spacial score (nSPS) is 23.2. The maximum Gasteiger partial charge on any atom is 0.324 e. The van der Waals surface area contributed by atoms with Gasteiger partial charge in [-0.1, -0.05) is 18.2 Å². The number of hydrogen-bond acceptors (Lipinski definition) is 10. The van der Waals surface area contributed by atoms with Crippen LogP contribution < -0.4 is 16.0 Å². The Morgan fingerprint density at radius 3 is 2.60 bits per heavy atom. The van der Waals surface area contributed by atoms with Crippen molar-refractivity contribution in [3.05, 3.63) is 65.8 Å². The molecule has 42 heavy (non-hydrogen) atoms. The summed E-state index contributed by atoms with van der Waals surface area (Å²) in [6.45, 7) is 10.8. The molecule has 2 aliphatic heterocycles. The molecular formula is C31H42N8O3. The summed E-state index contributed by atoms with van der Waals surface area (Å²) in [6, 6.07) is 8.38. The van der Waals surface area contributed by atoms with Crippen LogP contribution in [0.3, 0.4) is 0 Å². The molecule has 1 aliphatic carbocycles. The van der Waals surface area contributed by atoms with E-state index in [4.69, 9.17) is 5.73 Å². The minimum Gasteiger partial charge on any atom is -0.480 e. The van der Waals surface area contributed by atoms with Gasteiger partial charge in [0.05, 0.1) is 6.10 Å². The SMILES string of the molecule is C=N/C(=C\C(=C/C)c1cnc(N2CC(O)CC2CCN)nc1)Nc1cccc(CN2CCN(C3(C(=O)O)CC3)CC2)c1. The highest BCUT2D eigenvalue weighted by Crippen LogP contribution is 2.42. The number of benzene rings is 1. The smallest absolute Gasteiger partial charge is 0.324 e. The van der Waals surface area contributed by atoms with Crippen LogP contribution >= 0.6 is 0 Å². The fraction of sp³-hybridized carbons (Fsp3) is 0.484. The van der Waals surface area contributed by atoms with E-state index in [1.54, 1.807) is 12.4 Å². The highest BCUT2D eigenvalue weighted by Gasteiger charge is 2.55. The Hall–Kier alpha value is -3.64. The van der Waals surface area contributed by atoms with Gasteiger partial charge in [0.2, 0.25) is 5.95 Å². The molecule has 2 atom stereocenters. The summed E-state index contributed by atoms with van der Waals surface area (Å²) in [5, 5.41) is 23.1. The highest BCUT2D eigenvalue weighted by atomic mass is 16.4. The molecule has 2 unspecified atom stereocenters. The molecule has 1 aromatic carbocycles.